The minimum Gasteiger partial charge on any atom is -0.349 e. The summed E-state index contributed by atoms with van der Waals surface area (Å²) in [6, 6.07) is 5.99. The smallest absolute Gasteiger partial charge is 0.252 e. The van der Waals surface area contributed by atoms with Gasteiger partial charge in [0.1, 0.15) is 0 Å². The summed E-state index contributed by atoms with van der Waals surface area (Å²) in [4.78, 5) is 12.4. The van der Waals surface area contributed by atoms with Gasteiger partial charge in [0, 0.05) is 15.0 Å². The Morgan fingerprint density at radius 2 is 1.95 bits per heavy atom. The number of rotatable bonds is 2. The zero-order valence-corrected chi connectivity index (χ0v) is 14.3. The van der Waals surface area contributed by atoms with Crippen LogP contribution in [0.5, 0.6) is 0 Å². The van der Waals surface area contributed by atoms with Gasteiger partial charge in [-0.05, 0) is 52.9 Å². The molecule has 4 heteroatoms. The van der Waals surface area contributed by atoms with Crippen LogP contribution in [0.25, 0.3) is 0 Å². The molecule has 1 saturated carbocycles. The molecule has 0 bridgehead atoms. The summed E-state index contributed by atoms with van der Waals surface area (Å²) in [5.41, 5.74) is 0.700. The van der Waals surface area contributed by atoms with E-state index in [-0.39, 0.29) is 5.91 Å². The number of hydrogen-bond donors (Lipinski definition) is 1. The highest BCUT2D eigenvalue weighted by molar-refractivity contribution is 9.11. The number of amides is 1. The summed E-state index contributed by atoms with van der Waals surface area (Å²) < 4.78 is 1.77. The Hall–Kier alpha value is -0.350. The molecule has 1 fully saturated rings. The standard InChI is InChI=1S/C15H19Br2NO/c1-10-5-3-2-4-6-14(10)18-15(19)12-9-11(16)7-8-13(12)17/h7-10,14H,2-6H2,1H3,(H,18,19). The average Bonchev–Trinajstić information content (AvgIpc) is 2.58. The van der Waals surface area contributed by atoms with E-state index >= 15 is 0 Å². The van der Waals surface area contributed by atoms with Crippen molar-refractivity contribution in [2.24, 2.45) is 5.92 Å². The Labute approximate surface area is 131 Å². The van der Waals surface area contributed by atoms with E-state index in [9.17, 15) is 4.79 Å². The van der Waals surface area contributed by atoms with Crippen LogP contribution < -0.4 is 5.32 Å². The quantitative estimate of drug-likeness (QED) is 0.716. The van der Waals surface area contributed by atoms with Crippen molar-refractivity contribution in [3.8, 4) is 0 Å². The normalized spacial score (nSPS) is 23.7. The first-order valence-electron chi connectivity index (χ1n) is 6.84. The van der Waals surface area contributed by atoms with Gasteiger partial charge >= 0.3 is 0 Å². The van der Waals surface area contributed by atoms with E-state index < -0.39 is 0 Å². The molecule has 104 valence electrons. The zero-order chi connectivity index (χ0) is 13.8. The summed E-state index contributed by atoms with van der Waals surface area (Å²) in [5, 5.41) is 3.20. The summed E-state index contributed by atoms with van der Waals surface area (Å²) >= 11 is 6.86. The zero-order valence-electron chi connectivity index (χ0n) is 11.1. The molecule has 0 aliphatic heterocycles. The van der Waals surface area contributed by atoms with Crippen molar-refractivity contribution in [1.29, 1.82) is 0 Å². The van der Waals surface area contributed by atoms with Crippen molar-refractivity contribution < 1.29 is 4.79 Å². The van der Waals surface area contributed by atoms with Crippen LogP contribution in [0.2, 0.25) is 0 Å². The fraction of sp³-hybridized carbons (Fsp3) is 0.533. The van der Waals surface area contributed by atoms with Crippen LogP contribution in [-0.2, 0) is 0 Å². The van der Waals surface area contributed by atoms with E-state index in [1.165, 1.54) is 25.7 Å². The Morgan fingerprint density at radius 1 is 1.21 bits per heavy atom. The molecule has 0 radical (unpaired) electrons. The lowest BCUT2D eigenvalue weighted by Gasteiger charge is -2.23. The third kappa shape index (κ3) is 4.06. The van der Waals surface area contributed by atoms with Crippen molar-refractivity contribution in [3.63, 3.8) is 0 Å². The predicted molar refractivity (Wildman–Crippen MR) is 85.3 cm³/mol. The average molecular weight is 389 g/mol. The maximum Gasteiger partial charge on any atom is 0.252 e. The van der Waals surface area contributed by atoms with Crippen LogP contribution in [0, 0.1) is 5.92 Å². The molecule has 1 aliphatic rings. The van der Waals surface area contributed by atoms with Gasteiger partial charge in [0.15, 0.2) is 0 Å². The van der Waals surface area contributed by atoms with Gasteiger partial charge in [-0.1, -0.05) is 42.1 Å². The molecule has 0 aromatic heterocycles. The molecule has 19 heavy (non-hydrogen) atoms. The van der Waals surface area contributed by atoms with Crippen molar-refractivity contribution in [3.05, 3.63) is 32.7 Å². The van der Waals surface area contributed by atoms with Gasteiger partial charge in [0.2, 0.25) is 0 Å². The molecule has 1 aromatic carbocycles. The molecule has 2 rings (SSSR count). The molecule has 0 spiro atoms. The summed E-state index contributed by atoms with van der Waals surface area (Å²) in [6.07, 6.45) is 6.10. The van der Waals surface area contributed by atoms with Crippen molar-refractivity contribution >= 4 is 37.8 Å². The minimum absolute atomic E-state index is 0.0203. The fourth-order valence-electron chi connectivity index (χ4n) is 2.63. The van der Waals surface area contributed by atoms with Gasteiger partial charge in [0.05, 0.1) is 5.56 Å². The number of hydrogen-bond acceptors (Lipinski definition) is 1. The number of nitrogens with one attached hydrogen (secondary N) is 1. The Balaban J connectivity index is 2.09. The van der Waals surface area contributed by atoms with Crippen LogP contribution in [0.15, 0.2) is 27.1 Å². The van der Waals surface area contributed by atoms with E-state index in [0.29, 0.717) is 17.5 Å². The molecule has 2 unspecified atom stereocenters. The molecule has 2 nitrogen and oxygen atoms in total. The molecule has 1 aromatic rings. The second kappa shape index (κ2) is 6.89. The molecule has 0 saturated heterocycles. The first-order valence-corrected chi connectivity index (χ1v) is 8.42. The minimum atomic E-state index is 0.0203. The Bertz CT molecular complexity index is 461. The second-order valence-corrected chi connectivity index (χ2v) is 7.09. The lowest BCUT2D eigenvalue weighted by molar-refractivity contribution is 0.0920. The first-order chi connectivity index (χ1) is 9.08. The molecule has 0 heterocycles. The van der Waals surface area contributed by atoms with Crippen molar-refractivity contribution in [1.82, 2.24) is 5.32 Å². The van der Waals surface area contributed by atoms with Crippen molar-refractivity contribution in [2.75, 3.05) is 0 Å². The van der Waals surface area contributed by atoms with Gasteiger partial charge in [0.25, 0.3) is 5.91 Å². The van der Waals surface area contributed by atoms with E-state index in [1.807, 2.05) is 18.2 Å². The van der Waals surface area contributed by atoms with Crippen LogP contribution in [0.1, 0.15) is 49.4 Å². The van der Waals surface area contributed by atoms with Crippen molar-refractivity contribution in [2.45, 2.75) is 45.1 Å². The predicted octanol–water partition coefficient (Wildman–Crippen LogP) is 4.91. The third-order valence-electron chi connectivity index (χ3n) is 3.85. The fourth-order valence-corrected chi connectivity index (χ4v) is 3.41. The van der Waals surface area contributed by atoms with Gasteiger partial charge in [-0.2, -0.15) is 0 Å². The molecule has 1 N–H and O–H groups in total. The number of carbonyl (C=O) groups excluding carboxylic acids is 1. The van der Waals surface area contributed by atoms with E-state index in [4.69, 9.17) is 0 Å². The topological polar surface area (TPSA) is 29.1 Å². The highest BCUT2D eigenvalue weighted by Crippen LogP contribution is 2.25. The molecule has 2 atom stereocenters. The number of carbonyl (C=O) groups is 1. The van der Waals surface area contributed by atoms with Crippen LogP contribution in [0.3, 0.4) is 0 Å². The maximum atomic E-state index is 12.4. The number of benzene rings is 1. The Kier molecular flexibility index (Phi) is 5.46. The molecule has 1 aliphatic carbocycles. The highest BCUT2D eigenvalue weighted by Gasteiger charge is 2.22. The molecule has 1 amide bonds. The van der Waals surface area contributed by atoms with E-state index in [2.05, 4.69) is 44.1 Å². The molecular formula is C15H19Br2NO. The van der Waals surface area contributed by atoms with E-state index in [1.54, 1.807) is 0 Å². The lowest BCUT2D eigenvalue weighted by atomic mass is 9.96. The first kappa shape index (κ1) is 15.0. The van der Waals surface area contributed by atoms with Crippen LogP contribution in [0.4, 0.5) is 0 Å². The number of halogens is 2. The monoisotopic (exact) mass is 387 g/mol. The van der Waals surface area contributed by atoms with Gasteiger partial charge in [-0.3, -0.25) is 4.79 Å². The Morgan fingerprint density at radius 3 is 2.74 bits per heavy atom. The summed E-state index contributed by atoms with van der Waals surface area (Å²) in [7, 11) is 0. The molecular weight excluding hydrogens is 370 g/mol. The SMILES string of the molecule is CC1CCCCCC1NC(=O)c1cc(Br)ccc1Br. The van der Waals surface area contributed by atoms with Gasteiger partial charge in [-0.25, -0.2) is 0 Å². The van der Waals surface area contributed by atoms with E-state index in [0.717, 1.165) is 15.4 Å². The lowest BCUT2D eigenvalue weighted by Crippen LogP contribution is -2.39. The largest absolute Gasteiger partial charge is 0.349 e. The third-order valence-corrected chi connectivity index (χ3v) is 5.04. The van der Waals surface area contributed by atoms with Crippen LogP contribution >= 0.6 is 31.9 Å². The van der Waals surface area contributed by atoms with Gasteiger partial charge < -0.3 is 5.32 Å². The second-order valence-electron chi connectivity index (χ2n) is 5.32. The highest BCUT2D eigenvalue weighted by atomic mass is 79.9. The van der Waals surface area contributed by atoms with Crippen LogP contribution in [-0.4, -0.2) is 11.9 Å². The van der Waals surface area contributed by atoms with Gasteiger partial charge in [-0.15, -0.1) is 0 Å². The summed E-state index contributed by atoms with van der Waals surface area (Å²) in [6.45, 7) is 2.24. The maximum absolute atomic E-state index is 12.4. The summed E-state index contributed by atoms with van der Waals surface area (Å²) in [5.74, 6) is 0.587.